The van der Waals surface area contributed by atoms with Crippen molar-refractivity contribution in [1.82, 2.24) is 10.2 Å². The number of nitrogens with one attached hydrogen (secondary N) is 1. The zero-order valence-electron chi connectivity index (χ0n) is 13.5. The Kier molecular flexibility index (Phi) is 8.31. The van der Waals surface area contributed by atoms with Crippen LogP contribution in [0.2, 0.25) is 0 Å². The lowest BCUT2D eigenvalue weighted by Gasteiger charge is -2.16. The fourth-order valence-corrected chi connectivity index (χ4v) is 2.06. The molecule has 0 heterocycles. The Balaban J connectivity index is 2.32. The largest absolute Gasteiger partial charge is 0.492 e. The third-order valence-corrected chi connectivity index (χ3v) is 3.13. The van der Waals surface area contributed by atoms with Crippen LogP contribution in [0.5, 0.6) is 5.75 Å². The number of nitrogens with zero attached hydrogens (tertiary/aromatic N) is 1. The molecular weight excluding hydrogens is 248 g/mol. The number of hydrogen-bond acceptors (Lipinski definition) is 3. The SMILES string of the molecule is CCCN(C)CCOc1cccc(CNCC(C)C)c1. The third-order valence-electron chi connectivity index (χ3n) is 3.13. The Morgan fingerprint density at radius 3 is 2.75 bits per heavy atom. The Hall–Kier alpha value is -1.06. The van der Waals surface area contributed by atoms with E-state index in [0.29, 0.717) is 5.92 Å². The second kappa shape index (κ2) is 9.78. The minimum Gasteiger partial charge on any atom is -0.492 e. The molecule has 0 aliphatic rings. The van der Waals surface area contributed by atoms with E-state index in [1.54, 1.807) is 0 Å². The highest BCUT2D eigenvalue weighted by Crippen LogP contribution is 2.13. The summed E-state index contributed by atoms with van der Waals surface area (Å²) in [7, 11) is 2.14. The molecule has 0 aliphatic carbocycles. The minimum absolute atomic E-state index is 0.684. The normalized spacial score (nSPS) is 11.3. The fourth-order valence-electron chi connectivity index (χ4n) is 2.06. The highest BCUT2D eigenvalue weighted by Gasteiger charge is 2.00. The number of rotatable bonds is 10. The Bertz CT molecular complexity index is 366. The van der Waals surface area contributed by atoms with Crippen LogP contribution >= 0.6 is 0 Å². The molecule has 0 aliphatic heterocycles. The summed E-state index contributed by atoms with van der Waals surface area (Å²) < 4.78 is 5.82. The molecule has 1 rings (SSSR count). The summed E-state index contributed by atoms with van der Waals surface area (Å²) in [5.74, 6) is 1.65. The zero-order chi connectivity index (χ0) is 14.8. The van der Waals surface area contributed by atoms with Gasteiger partial charge in [-0.2, -0.15) is 0 Å². The van der Waals surface area contributed by atoms with E-state index in [0.717, 1.165) is 38.5 Å². The summed E-state index contributed by atoms with van der Waals surface area (Å²) in [6.45, 7) is 11.5. The molecular formula is C17H30N2O. The second-order valence-corrected chi connectivity index (χ2v) is 5.82. The molecule has 0 atom stereocenters. The van der Waals surface area contributed by atoms with Crippen LogP contribution in [0.25, 0.3) is 0 Å². The van der Waals surface area contributed by atoms with Crippen molar-refractivity contribution in [3.8, 4) is 5.75 Å². The van der Waals surface area contributed by atoms with Crippen LogP contribution in [0.4, 0.5) is 0 Å². The summed E-state index contributed by atoms with van der Waals surface area (Å²) in [5.41, 5.74) is 1.28. The van der Waals surface area contributed by atoms with Gasteiger partial charge in [0.2, 0.25) is 0 Å². The summed E-state index contributed by atoms with van der Waals surface area (Å²) in [5, 5.41) is 3.46. The number of benzene rings is 1. The highest BCUT2D eigenvalue weighted by molar-refractivity contribution is 5.28. The van der Waals surface area contributed by atoms with E-state index in [9.17, 15) is 0 Å². The first-order valence-corrected chi connectivity index (χ1v) is 7.72. The molecule has 0 saturated heterocycles. The van der Waals surface area contributed by atoms with Crippen molar-refractivity contribution in [3.05, 3.63) is 29.8 Å². The van der Waals surface area contributed by atoms with Crippen LogP contribution in [0.1, 0.15) is 32.8 Å². The maximum absolute atomic E-state index is 5.82. The molecule has 1 aromatic carbocycles. The van der Waals surface area contributed by atoms with Crippen molar-refractivity contribution < 1.29 is 4.74 Å². The van der Waals surface area contributed by atoms with Crippen LogP contribution in [-0.2, 0) is 6.54 Å². The lowest BCUT2D eigenvalue weighted by Crippen LogP contribution is -2.25. The number of ether oxygens (including phenoxy) is 1. The molecule has 20 heavy (non-hydrogen) atoms. The molecule has 0 saturated carbocycles. The Labute approximate surface area is 124 Å². The summed E-state index contributed by atoms with van der Waals surface area (Å²) >= 11 is 0. The van der Waals surface area contributed by atoms with Crippen LogP contribution in [0, 0.1) is 5.92 Å². The molecule has 0 amide bonds. The Morgan fingerprint density at radius 2 is 2.05 bits per heavy atom. The quantitative estimate of drug-likeness (QED) is 0.711. The van der Waals surface area contributed by atoms with Gasteiger partial charge in [-0.05, 0) is 50.2 Å². The fraction of sp³-hybridized carbons (Fsp3) is 0.647. The van der Waals surface area contributed by atoms with Crippen LogP contribution in [0.3, 0.4) is 0 Å². The molecule has 3 nitrogen and oxygen atoms in total. The van der Waals surface area contributed by atoms with Crippen molar-refractivity contribution in [2.24, 2.45) is 5.92 Å². The van der Waals surface area contributed by atoms with Gasteiger partial charge in [-0.3, -0.25) is 0 Å². The van der Waals surface area contributed by atoms with E-state index in [1.165, 1.54) is 12.0 Å². The predicted octanol–water partition coefficient (Wildman–Crippen LogP) is 3.15. The predicted molar refractivity (Wildman–Crippen MR) is 86.3 cm³/mol. The van der Waals surface area contributed by atoms with E-state index in [4.69, 9.17) is 4.74 Å². The standard InChI is InChI=1S/C17H30N2O/c1-5-9-19(4)10-11-20-17-8-6-7-16(12-17)14-18-13-15(2)3/h6-8,12,15,18H,5,9-11,13-14H2,1-4H3. The Morgan fingerprint density at radius 1 is 1.25 bits per heavy atom. The lowest BCUT2D eigenvalue weighted by atomic mass is 10.2. The van der Waals surface area contributed by atoms with Gasteiger partial charge in [0.05, 0.1) is 0 Å². The van der Waals surface area contributed by atoms with E-state index < -0.39 is 0 Å². The molecule has 0 unspecified atom stereocenters. The smallest absolute Gasteiger partial charge is 0.119 e. The average Bonchev–Trinajstić information content (AvgIpc) is 2.39. The summed E-state index contributed by atoms with van der Waals surface area (Å²) in [6, 6.07) is 8.37. The lowest BCUT2D eigenvalue weighted by molar-refractivity contribution is 0.237. The average molecular weight is 278 g/mol. The molecule has 114 valence electrons. The zero-order valence-corrected chi connectivity index (χ0v) is 13.5. The van der Waals surface area contributed by atoms with Crippen molar-refractivity contribution in [3.63, 3.8) is 0 Å². The molecule has 1 aromatic rings. The van der Waals surface area contributed by atoms with Gasteiger partial charge in [-0.25, -0.2) is 0 Å². The molecule has 0 fully saturated rings. The van der Waals surface area contributed by atoms with Gasteiger partial charge in [0.1, 0.15) is 12.4 Å². The topological polar surface area (TPSA) is 24.5 Å². The van der Waals surface area contributed by atoms with Crippen molar-refractivity contribution in [2.45, 2.75) is 33.7 Å². The highest BCUT2D eigenvalue weighted by atomic mass is 16.5. The first-order valence-electron chi connectivity index (χ1n) is 7.72. The van der Waals surface area contributed by atoms with Gasteiger partial charge in [-0.15, -0.1) is 0 Å². The monoisotopic (exact) mass is 278 g/mol. The van der Waals surface area contributed by atoms with Gasteiger partial charge < -0.3 is 15.0 Å². The second-order valence-electron chi connectivity index (χ2n) is 5.82. The van der Waals surface area contributed by atoms with E-state index in [-0.39, 0.29) is 0 Å². The first-order chi connectivity index (χ1) is 9.61. The molecule has 3 heteroatoms. The van der Waals surface area contributed by atoms with Gasteiger partial charge in [-0.1, -0.05) is 32.9 Å². The number of hydrogen-bond donors (Lipinski definition) is 1. The van der Waals surface area contributed by atoms with Crippen molar-refractivity contribution in [2.75, 3.05) is 33.3 Å². The van der Waals surface area contributed by atoms with Crippen LogP contribution in [0.15, 0.2) is 24.3 Å². The van der Waals surface area contributed by atoms with Gasteiger partial charge in [0.25, 0.3) is 0 Å². The van der Waals surface area contributed by atoms with E-state index in [1.807, 2.05) is 6.07 Å². The maximum atomic E-state index is 5.82. The molecule has 0 aromatic heterocycles. The van der Waals surface area contributed by atoms with E-state index >= 15 is 0 Å². The van der Waals surface area contributed by atoms with Crippen molar-refractivity contribution >= 4 is 0 Å². The van der Waals surface area contributed by atoms with Crippen LogP contribution in [-0.4, -0.2) is 38.2 Å². The van der Waals surface area contributed by atoms with Gasteiger partial charge >= 0.3 is 0 Å². The molecule has 0 spiro atoms. The van der Waals surface area contributed by atoms with Crippen LogP contribution < -0.4 is 10.1 Å². The van der Waals surface area contributed by atoms with Gasteiger partial charge in [0, 0.05) is 13.1 Å². The van der Waals surface area contributed by atoms with E-state index in [2.05, 4.69) is 56.2 Å². The maximum Gasteiger partial charge on any atom is 0.119 e. The van der Waals surface area contributed by atoms with Gasteiger partial charge in [0.15, 0.2) is 0 Å². The summed E-state index contributed by atoms with van der Waals surface area (Å²) in [6.07, 6.45) is 1.19. The molecule has 1 N–H and O–H groups in total. The van der Waals surface area contributed by atoms with Crippen molar-refractivity contribution in [1.29, 1.82) is 0 Å². The number of likely N-dealkylation sites (N-methyl/N-ethyl adjacent to an activating group) is 1. The molecule has 0 radical (unpaired) electrons. The first kappa shape index (κ1) is 17.0. The molecule has 0 bridgehead atoms. The summed E-state index contributed by atoms with van der Waals surface area (Å²) in [4.78, 5) is 2.30. The third kappa shape index (κ3) is 7.51. The minimum atomic E-state index is 0.684.